The van der Waals surface area contributed by atoms with Gasteiger partial charge in [-0.2, -0.15) is 0 Å². The summed E-state index contributed by atoms with van der Waals surface area (Å²) in [5.74, 6) is 6.47. The summed E-state index contributed by atoms with van der Waals surface area (Å²) in [4.78, 5) is 0. The van der Waals surface area contributed by atoms with Crippen LogP contribution < -0.4 is 0 Å². The molecule has 5 fully saturated rings. The molecule has 0 aromatic heterocycles. The van der Waals surface area contributed by atoms with E-state index in [1.165, 1.54) is 19.3 Å². The SMILES string of the molecule is CCC(C)(CO)COCC1CC2CC1C1C3CC(C4OC34)C21. The molecule has 1 aliphatic heterocycles. The molecule has 0 spiro atoms. The molecule has 5 rings (SSSR count). The zero-order valence-electron chi connectivity index (χ0n) is 13.9. The van der Waals surface area contributed by atoms with Gasteiger partial charge in [-0.05, 0) is 67.1 Å². The predicted molar refractivity (Wildman–Crippen MR) is 83.2 cm³/mol. The Bertz CT molecular complexity index is 460. The number of epoxide rings is 1. The van der Waals surface area contributed by atoms with Crippen LogP contribution in [-0.4, -0.2) is 37.1 Å². The van der Waals surface area contributed by atoms with E-state index in [-0.39, 0.29) is 12.0 Å². The van der Waals surface area contributed by atoms with Crippen LogP contribution in [0.5, 0.6) is 0 Å². The third-order valence-electron chi connectivity index (χ3n) is 8.23. The van der Waals surface area contributed by atoms with E-state index in [1.54, 1.807) is 0 Å². The molecule has 4 aliphatic carbocycles. The van der Waals surface area contributed by atoms with Crippen LogP contribution in [0.1, 0.15) is 39.5 Å². The monoisotopic (exact) mass is 306 g/mol. The second-order valence-corrected chi connectivity index (χ2v) is 9.28. The third-order valence-corrected chi connectivity index (χ3v) is 8.23. The van der Waals surface area contributed by atoms with E-state index in [4.69, 9.17) is 9.47 Å². The fourth-order valence-corrected chi connectivity index (χ4v) is 6.89. The van der Waals surface area contributed by atoms with Crippen molar-refractivity contribution in [3.63, 3.8) is 0 Å². The van der Waals surface area contributed by atoms with Gasteiger partial charge in [-0.25, -0.2) is 0 Å². The molecule has 0 radical (unpaired) electrons. The van der Waals surface area contributed by atoms with Crippen LogP contribution >= 0.6 is 0 Å². The maximum Gasteiger partial charge on any atom is 0.0875 e. The molecule has 124 valence electrons. The Morgan fingerprint density at radius 2 is 1.86 bits per heavy atom. The number of hydrogen-bond acceptors (Lipinski definition) is 3. The highest BCUT2D eigenvalue weighted by Crippen LogP contribution is 2.72. The van der Waals surface area contributed by atoms with E-state index in [2.05, 4.69) is 13.8 Å². The van der Waals surface area contributed by atoms with Crippen molar-refractivity contribution >= 4 is 0 Å². The highest BCUT2D eigenvalue weighted by Gasteiger charge is 2.73. The van der Waals surface area contributed by atoms with E-state index >= 15 is 0 Å². The Labute approximate surface area is 133 Å². The second-order valence-electron chi connectivity index (χ2n) is 9.28. The van der Waals surface area contributed by atoms with Crippen molar-refractivity contribution < 1.29 is 14.6 Å². The average molecular weight is 306 g/mol. The largest absolute Gasteiger partial charge is 0.396 e. The lowest BCUT2D eigenvalue weighted by Crippen LogP contribution is -2.37. The smallest absolute Gasteiger partial charge is 0.0875 e. The quantitative estimate of drug-likeness (QED) is 0.606. The highest BCUT2D eigenvalue weighted by molar-refractivity contribution is 5.20. The summed E-state index contributed by atoms with van der Waals surface area (Å²) in [5, 5.41) is 9.52. The standard InChI is InChI=1S/C19H30O3/c1-3-19(2,8-20)9-21-7-11-4-10-5-12(11)16-14-6-13(15(10)16)17-18(14)22-17/h10-18,20H,3-9H2,1-2H3. The number of ether oxygens (including phenoxy) is 2. The Morgan fingerprint density at radius 3 is 2.59 bits per heavy atom. The summed E-state index contributed by atoms with van der Waals surface area (Å²) < 4.78 is 12.0. The van der Waals surface area contributed by atoms with E-state index < -0.39 is 0 Å². The lowest BCUT2D eigenvalue weighted by molar-refractivity contribution is -0.0181. The fourth-order valence-electron chi connectivity index (χ4n) is 6.89. The molecule has 0 aromatic rings. The first-order valence-electron chi connectivity index (χ1n) is 9.49. The zero-order valence-corrected chi connectivity index (χ0v) is 13.9. The van der Waals surface area contributed by atoms with Crippen molar-refractivity contribution in [2.45, 2.75) is 51.7 Å². The van der Waals surface area contributed by atoms with Crippen molar-refractivity contribution in [2.75, 3.05) is 19.8 Å². The van der Waals surface area contributed by atoms with Gasteiger partial charge in [0, 0.05) is 12.0 Å². The van der Waals surface area contributed by atoms with Crippen LogP contribution in [-0.2, 0) is 9.47 Å². The van der Waals surface area contributed by atoms with Gasteiger partial charge in [-0.3, -0.25) is 0 Å². The topological polar surface area (TPSA) is 42.0 Å². The molecule has 3 heteroatoms. The normalized spacial score (nSPS) is 56.0. The minimum atomic E-state index is -0.0539. The summed E-state index contributed by atoms with van der Waals surface area (Å²) in [6, 6.07) is 0. The van der Waals surface area contributed by atoms with Gasteiger partial charge in [-0.1, -0.05) is 13.8 Å². The van der Waals surface area contributed by atoms with Gasteiger partial charge in [0.2, 0.25) is 0 Å². The highest BCUT2D eigenvalue weighted by atomic mass is 16.6. The summed E-state index contributed by atoms with van der Waals surface area (Å²) in [6.45, 7) is 6.14. The number of aliphatic hydroxyl groups is 1. The van der Waals surface area contributed by atoms with Gasteiger partial charge in [0.05, 0.1) is 25.4 Å². The molecule has 1 heterocycles. The molecular formula is C19H30O3. The summed E-state index contributed by atoms with van der Waals surface area (Å²) >= 11 is 0. The van der Waals surface area contributed by atoms with E-state index in [9.17, 15) is 5.11 Å². The molecule has 22 heavy (non-hydrogen) atoms. The van der Waals surface area contributed by atoms with Crippen molar-refractivity contribution in [3.8, 4) is 0 Å². The van der Waals surface area contributed by atoms with E-state index in [0.29, 0.717) is 18.8 Å². The van der Waals surface area contributed by atoms with Gasteiger partial charge in [0.25, 0.3) is 0 Å². The van der Waals surface area contributed by atoms with Gasteiger partial charge in [-0.15, -0.1) is 0 Å². The number of hydrogen-bond donors (Lipinski definition) is 1. The van der Waals surface area contributed by atoms with Crippen molar-refractivity contribution in [1.82, 2.24) is 0 Å². The van der Waals surface area contributed by atoms with Gasteiger partial charge < -0.3 is 14.6 Å². The van der Waals surface area contributed by atoms with Crippen LogP contribution in [0.25, 0.3) is 0 Å². The van der Waals surface area contributed by atoms with Crippen molar-refractivity contribution in [2.24, 2.45) is 46.8 Å². The molecule has 0 aromatic carbocycles. The predicted octanol–water partition coefficient (Wildman–Crippen LogP) is 2.72. The average Bonchev–Trinajstić information content (AvgIpc) is 2.89. The molecular weight excluding hydrogens is 276 g/mol. The summed E-state index contributed by atoms with van der Waals surface area (Å²) in [5.41, 5.74) is -0.0539. The number of rotatable bonds is 6. The first kappa shape index (κ1) is 14.2. The molecule has 1 N–H and O–H groups in total. The van der Waals surface area contributed by atoms with Gasteiger partial charge in [0.1, 0.15) is 0 Å². The molecule has 1 saturated heterocycles. The Hall–Kier alpha value is -0.120. The summed E-state index contributed by atoms with van der Waals surface area (Å²) in [6.07, 6.45) is 6.66. The second kappa shape index (κ2) is 4.70. The zero-order chi connectivity index (χ0) is 15.1. The number of fused-ring (bicyclic) bond motifs is 12. The fraction of sp³-hybridized carbons (Fsp3) is 1.00. The maximum absolute atomic E-state index is 9.52. The molecule has 10 atom stereocenters. The molecule has 3 nitrogen and oxygen atoms in total. The Balaban J connectivity index is 1.21. The van der Waals surface area contributed by atoms with Crippen molar-refractivity contribution in [3.05, 3.63) is 0 Å². The Morgan fingerprint density at radius 1 is 1.09 bits per heavy atom. The molecule has 10 unspecified atom stereocenters. The summed E-state index contributed by atoms with van der Waals surface area (Å²) in [7, 11) is 0. The first-order valence-corrected chi connectivity index (χ1v) is 9.49. The van der Waals surface area contributed by atoms with Crippen molar-refractivity contribution in [1.29, 1.82) is 0 Å². The van der Waals surface area contributed by atoms with Crippen LogP contribution in [0.2, 0.25) is 0 Å². The minimum Gasteiger partial charge on any atom is -0.396 e. The van der Waals surface area contributed by atoms with Gasteiger partial charge in [0.15, 0.2) is 0 Å². The van der Waals surface area contributed by atoms with Crippen LogP contribution in [0.3, 0.4) is 0 Å². The Kier molecular flexibility index (Phi) is 3.05. The molecule has 4 saturated carbocycles. The maximum atomic E-state index is 9.52. The van der Waals surface area contributed by atoms with Crippen LogP contribution in [0.4, 0.5) is 0 Å². The number of aliphatic hydroxyl groups excluding tert-OH is 1. The lowest BCUT2D eigenvalue weighted by atomic mass is 9.68. The molecule has 0 amide bonds. The lowest BCUT2D eigenvalue weighted by Gasteiger charge is -2.37. The third kappa shape index (κ3) is 1.79. The van der Waals surface area contributed by atoms with E-state index in [0.717, 1.165) is 54.5 Å². The molecule has 5 aliphatic rings. The van der Waals surface area contributed by atoms with Crippen LogP contribution in [0.15, 0.2) is 0 Å². The minimum absolute atomic E-state index is 0.0539. The van der Waals surface area contributed by atoms with Gasteiger partial charge >= 0.3 is 0 Å². The molecule has 4 bridgehead atoms. The van der Waals surface area contributed by atoms with Crippen LogP contribution in [0, 0.1) is 46.8 Å². The van der Waals surface area contributed by atoms with E-state index in [1.807, 2.05) is 0 Å². The first-order chi connectivity index (χ1) is 10.6.